The zero-order valence-corrected chi connectivity index (χ0v) is 20.5. The number of nitrogens with zero attached hydrogens (tertiary/aromatic N) is 5. The van der Waals surface area contributed by atoms with Crippen LogP contribution in [0.4, 0.5) is 32.2 Å². The second-order valence-corrected chi connectivity index (χ2v) is 10.1. The van der Waals surface area contributed by atoms with Gasteiger partial charge in [-0.2, -0.15) is 36.3 Å². The van der Waals surface area contributed by atoms with E-state index in [0.717, 1.165) is 37.8 Å². The fraction of sp³-hybridized carbons (Fsp3) is 0.542. The number of benzene rings is 1. The van der Waals surface area contributed by atoms with E-state index in [0.29, 0.717) is 49.0 Å². The summed E-state index contributed by atoms with van der Waals surface area (Å²) in [7, 11) is 0. The predicted molar refractivity (Wildman–Crippen MR) is 126 cm³/mol. The summed E-state index contributed by atoms with van der Waals surface area (Å²) in [6.07, 6.45) is -2.21. The van der Waals surface area contributed by atoms with Crippen LogP contribution in [-0.4, -0.2) is 37.6 Å². The third-order valence-corrected chi connectivity index (χ3v) is 7.33. The van der Waals surface area contributed by atoms with Gasteiger partial charge in [-0.25, -0.2) is 9.99 Å². The van der Waals surface area contributed by atoms with E-state index in [1.165, 1.54) is 0 Å². The molecule has 13 heteroatoms. The first-order valence-corrected chi connectivity index (χ1v) is 12.5. The van der Waals surface area contributed by atoms with Crippen molar-refractivity contribution in [2.24, 2.45) is 5.92 Å². The van der Waals surface area contributed by atoms with Gasteiger partial charge in [-0.3, -0.25) is 0 Å². The Labute approximate surface area is 214 Å². The molecule has 1 saturated heterocycles. The van der Waals surface area contributed by atoms with Gasteiger partial charge in [0, 0.05) is 19.1 Å². The number of alkyl halides is 6. The number of rotatable bonds is 5. The maximum atomic E-state index is 13.2. The van der Waals surface area contributed by atoms with Crippen LogP contribution in [-0.2, 0) is 18.8 Å². The molecule has 2 fully saturated rings. The Hall–Kier alpha value is -2.60. The molecule has 200 valence electrons. The van der Waals surface area contributed by atoms with Crippen LogP contribution < -0.4 is 5.43 Å². The summed E-state index contributed by atoms with van der Waals surface area (Å²) in [5, 5.41) is 2.01. The minimum Gasteiger partial charge on any atom is -0.312 e. The van der Waals surface area contributed by atoms with E-state index in [2.05, 4.69) is 20.4 Å². The van der Waals surface area contributed by atoms with Crippen LogP contribution in [0.3, 0.4) is 0 Å². The number of piperidine rings is 1. The molecular formula is C24H25ClF6N6. The van der Waals surface area contributed by atoms with Crippen LogP contribution in [0.15, 0.2) is 24.5 Å². The lowest BCUT2D eigenvalue weighted by Gasteiger charge is -2.32. The Morgan fingerprint density at radius 3 is 2.11 bits per heavy atom. The van der Waals surface area contributed by atoms with Gasteiger partial charge in [0.2, 0.25) is 5.28 Å². The maximum Gasteiger partial charge on any atom is 0.416 e. The first-order chi connectivity index (χ1) is 17.5. The lowest BCUT2D eigenvalue weighted by molar-refractivity contribution is -0.143. The number of anilines is 1. The zero-order valence-electron chi connectivity index (χ0n) is 19.7. The highest BCUT2D eigenvalue weighted by atomic mass is 35.5. The van der Waals surface area contributed by atoms with Crippen LogP contribution in [0.1, 0.15) is 61.3 Å². The standard InChI is InChI=1S/C24H25ClF6N6/c25-22-33-20(19-21(34-22)37(13-32-19)18-3-1-2-4-18)35-36-7-5-14(6-8-36)9-15-10-16(23(26,27)28)12-17(11-15)24(29,30)31/h10-14,18H,1-9H2,(H,33,34,35). The SMILES string of the molecule is FC(F)(F)c1cc(CC2CCN(Nc3nc(Cl)nc4c3ncn4C3CCCC3)CC2)cc(C(F)(F)F)c1. The van der Waals surface area contributed by atoms with Gasteiger partial charge in [0.25, 0.3) is 0 Å². The number of nitrogens with one attached hydrogen (secondary N) is 1. The predicted octanol–water partition coefficient (Wildman–Crippen LogP) is 6.91. The monoisotopic (exact) mass is 546 g/mol. The summed E-state index contributed by atoms with van der Waals surface area (Å²) in [6, 6.07) is 2.13. The molecule has 0 unspecified atom stereocenters. The molecule has 0 radical (unpaired) electrons. The van der Waals surface area contributed by atoms with Gasteiger partial charge in [-0.1, -0.05) is 12.8 Å². The zero-order chi connectivity index (χ0) is 26.4. The van der Waals surface area contributed by atoms with Crippen molar-refractivity contribution < 1.29 is 26.3 Å². The van der Waals surface area contributed by atoms with Crippen molar-refractivity contribution in [1.82, 2.24) is 24.5 Å². The summed E-state index contributed by atoms with van der Waals surface area (Å²) < 4.78 is 81.2. The number of imidazole rings is 1. The molecule has 2 aromatic heterocycles. The van der Waals surface area contributed by atoms with Crippen LogP contribution in [0, 0.1) is 5.92 Å². The van der Waals surface area contributed by atoms with Crippen molar-refractivity contribution in [1.29, 1.82) is 0 Å². The molecule has 5 rings (SSSR count). The minimum absolute atomic E-state index is 0.0373. The second-order valence-electron chi connectivity index (χ2n) is 9.76. The van der Waals surface area contributed by atoms with Gasteiger partial charge < -0.3 is 9.99 Å². The van der Waals surface area contributed by atoms with Crippen molar-refractivity contribution >= 4 is 28.6 Å². The average Bonchev–Trinajstić information content (AvgIpc) is 3.49. The highest BCUT2D eigenvalue weighted by Gasteiger charge is 2.37. The largest absolute Gasteiger partial charge is 0.416 e. The average molecular weight is 547 g/mol. The Morgan fingerprint density at radius 1 is 0.892 bits per heavy atom. The fourth-order valence-electron chi connectivity index (χ4n) is 5.29. The van der Waals surface area contributed by atoms with Crippen molar-refractivity contribution in [2.75, 3.05) is 18.5 Å². The normalized spacial score (nSPS) is 18.7. The highest BCUT2D eigenvalue weighted by molar-refractivity contribution is 6.28. The van der Waals surface area contributed by atoms with E-state index in [4.69, 9.17) is 11.6 Å². The summed E-state index contributed by atoms with van der Waals surface area (Å²) in [4.78, 5) is 13.2. The van der Waals surface area contributed by atoms with E-state index in [1.807, 2.05) is 9.58 Å². The van der Waals surface area contributed by atoms with Gasteiger partial charge in [0.05, 0.1) is 17.5 Å². The Morgan fingerprint density at radius 2 is 1.51 bits per heavy atom. The fourth-order valence-corrected chi connectivity index (χ4v) is 5.45. The van der Waals surface area contributed by atoms with Crippen LogP contribution in [0.5, 0.6) is 0 Å². The van der Waals surface area contributed by atoms with E-state index in [1.54, 1.807) is 6.33 Å². The lowest BCUT2D eigenvalue weighted by Crippen LogP contribution is -2.38. The molecule has 37 heavy (non-hydrogen) atoms. The minimum atomic E-state index is -4.85. The number of hydrazine groups is 1. The van der Waals surface area contributed by atoms with Gasteiger partial charge in [0.1, 0.15) is 0 Å². The molecule has 1 aliphatic carbocycles. The molecule has 0 amide bonds. The van der Waals surface area contributed by atoms with Crippen molar-refractivity contribution in [3.63, 3.8) is 0 Å². The van der Waals surface area contributed by atoms with E-state index < -0.39 is 23.5 Å². The molecule has 0 spiro atoms. The summed E-state index contributed by atoms with van der Waals surface area (Å²) in [5.41, 5.74) is 1.97. The number of halogens is 7. The maximum absolute atomic E-state index is 13.2. The molecule has 0 atom stereocenters. The second kappa shape index (κ2) is 9.94. The smallest absolute Gasteiger partial charge is 0.312 e. The number of hydrogen-bond donors (Lipinski definition) is 1. The lowest BCUT2D eigenvalue weighted by atomic mass is 9.89. The molecule has 0 bridgehead atoms. The van der Waals surface area contributed by atoms with Gasteiger partial charge in [0.15, 0.2) is 17.0 Å². The summed E-state index contributed by atoms with van der Waals surface area (Å²) >= 11 is 6.20. The Kier molecular flexibility index (Phi) is 6.99. The van der Waals surface area contributed by atoms with Crippen molar-refractivity contribution in [3.05, 3.63) is 46.5 Å². The molecule has 1 saturated carbocycles. The topological polar surface area (TPSA) is 58.9 Å². The molecule has 3 aromatic rings. The molecule has 1 aliphatic heterocycles. The van der Waals surface area contributed by atoms with Crippen molar-refractivity contribution in [3.8, 4) is 0 Å². The third-order valence-electron chi connectivity index (χ3n) is 7.16. The quantitative estimate of drug-likeness (QED) is 0.278. The number of hydrogen-bond acceptors (Lipinski definition) is 5. The van der Waals surface area contributed by atoms with E-state index in [-0.39, 0.29) is 29.3 Å². The first kappa shape index (κ1) is 26.0. The number of fused-ring (bicyclic) bond motifs is 1. The molecule has 1 aromatic carbocycles. The van der Waals surface area contributed by atoms with Gasteiger partial charge in [-0.15, -0.1) is 0 Å². The Balaban J connectivity index is 1.26. The third kappa shape index (κ3) is 5.79. The van der Waals surface area contributed by atoms with Gasteiger partial charge in [-0.05, 0) is 73.4 Å². The van der Waals surface area contributed by atoms with Gasteiger partial charge >= 0.3 is 12.4 Å². The van der Waals surface area contributed by atoms with Crippen LogP contribution in [0.25, 0.3) is 11.2 Å². The molecule has 1 N–H and O–H groups in total. The van der Waals surface area contributed by atoms with E-state index >= 15 is 0 Å². The highest BCUT2D eigenvalue weighted by Crippen LogP contribution is 2.38. The molecular weight excluding hydrogens is 522 g/mol. The Bertz CT molecular complexity index is 1230. The summed E-state index contributed by atoms with van der Waals surface area (Å²) in [5.74, 6) is 0.413. The molecule has 2 aliphatic rings. The van der Waals surface area contributed by atoms with Crippen LogP contribution >= 0.6 is 11.6 Å². The van der Waals surface area contributed by atoms with Crippen molar-refractivity contribution in [2.45, 2.75) is 63.3 Å². The number of aromatic nitrogens is 4. The van der Waals surface area contributed by atoms with Crippen LogP contribution in [0.2, 0.25) is 5.28 Å². The van der Waals surface area contributed by atoms with E-state index in [9.17, 15) is 26.3 Å². The summed E-state index contributed by atoms with van der Waals surface area (Å²) in [6.45, 7) is 1.06. The molecule has 6 nitrogen and oxygen atoms in total. The first-order valence-electron chi connectivity index (χ1n) is 12.2. The molecule has 3 heterocycles.